The zero-order chi connectivity index (χ0) is 7.49. The van der Waals surface area contributed by atoms with Gasteiger partial charge in [0.1, 0.15) is 0 Å². The minimum absolute atomic E-state index is 0. The Morgan fingerprint density at radius 3 is 1.60 bits per heavy atom. The molecule has 0 rings (SSSR count). The first-order valence-electron chi connectivity index (χ1n) is 2.15. The fourth-order valence-corrected chi connectivity index (χ4v) is 0.236. The van der Waals surface area contributed by atoms with Crippen LogP contribution >= 0.6 is 0 Å². The average molecular weight is 195 g/mol. The largest absolute Gasteiger partial charge is 0.421 e. The van der Waals surface area contributed by atoms with Crippen molar-refractivity contribution in [3.05, 3.63) is 6.43 Å². The van der Waals surface area contributed by atoms with Crippen molar-refractivity contribution in [3.63, 3.8) is 0 Å². The molecule has 0 aliphatic rings. The Hall–Kier alpha value is 0.364. The third-order valence-corrected chi connectivity index (χ3v) is 0.597. The predicted octanol–water partition coefficient (Wildman–Crippen LogP) is 2.75. The van der Waals surface area contributed by atoms with Crippen molar-refractivity contribution < 1.29 is 43.7 Å². The first-order chi connectivity index (χ1) is 3.92. The quantitative estimate of drug-likeness (QED) is 0.361. The van der Waals surface area contributed by atoms with Crippen LogP contribution in [-0.4, -0.2) is 6.18 Å². The molecule has 0 amide bonds. The molecule has 0 atom stereocenters. The molecule has 0 aliphatic heterocycles. The number of alkyl halides is 3. The fourth-order valence-electron chi connectivity index (χ4n) is 0.236. The standard InChI is InChI=1S/C4H4F5.Ti/c5-3(6)1-2-4(7,8)9;/h1-2H2;/q-1;. The second kappa shape index (κ2) is 5.07. The van der Waals surface area contributed by atoms with E-state index in [9.17, 15) is 22.0 Å². The normalized spacial score (nSPS) is 11.4. The van der Waals surface area contributed by atoms with Gasteiger partial charge in [0.05, 0.1) is 0 Å². The second-order valence-electron chi connectivity index (χ2n) is 1.45. The molecule has 0 heterocycles. The summed E-state index contributed by atoms with van der Waals surface area (Å²) < 4.78 is 55.2. The summed E-state index contributed by atoms with van der Waals surface area (Å²) in [6.07, 6.45) is -9.25. The van der Waals surface area contributed by atoms with Crippen LogP contribution in [0.25, 0.3) is 0 Å². The Balaban J connectivity index is 0. The van der Waals surface area contributed by atoms with Crippen LogP contribution < -0.4 is 0 Å². The van der Waals surface area contributed by atoms with Crippen molar-refractivity contribution in [3.8, 4) is 0 Å². The Labute approximate surface area is 69.7 Å². The molecule has 0 aliphatic carbocycles. The van der Waals surface area contributed by atoms with Gasteiger partial charge in [-0.15, -0.1) is 6.42 Å². The van der Waals surface area contributed by atoms with E-state index in [0.29, 0.717) is 0 Å². The summed E-state index contributed by atoms with van der Waals surface area (Å²) in [5.74, 6) is 0. The van der Waals surface area contributed by atoms with E-state index in [1.54, 1.807) is 0 Å². The van der Waals surface area contributed by atoms with Crippen LogP contribution in [0.3, 0.4) is 0 Å². The molecule has 0 bridgehead atoms. The van der Waals surface area contributed by atoms with Crippen LogP contribution in [0.2, 0.25) is 0 Å². The zero-order valence-electron chi connectivity index (χ0n) is 4.80. The number of halogens is 5. The van der Waals surface area contributed by atoms with Gasteiger partial charge < -0.3 is 8.78 Å². The molecule has 60 valence electrons. The average Bonchev–Trinajstić information content (AvgIpc) is 1.59. The summed E-state index contributed by atoms with van der Waals surface area (Å²) in [7, 11) is 0. The third kappa shape index (κ3) is 11.2. The van der Waals surface area contributed by atoms with Crippen molar-refractivity contribution in [2.24, 2.45) is 0 Å². The van der Waals surface area contributed by atoms with Crippen LogP contribution in [0.1, 0.15) is 12.8 Å². The van der Waals surface area contributed by atoms with E-state index < -0.39 is 25.4 Å². The Morgan fingerprint density at radius 2 is 1.50 bits per heavy atom. The Morgan fingerprint density at radius 1 is 1.10 bits per heavy atom. The first-order valence-corrected chi connectivity index (χ1v) is 2.15. The van der Waals surface area contributed by atoms with Crippen molar-refractivity contribution in [2.45, 2.75) is 19.0 Å². The molecule has 0 unspecified atom stereocenters. The summed E-state index contributed by atoms with van der Waals surface area (Å²) in [6, 6.07) is 0. The molecule has 0 aromatic heterocycles. The summed E-state index contributed by atoms with van der Waals surface area (Å²) in [6.45, 7) is 0. The monoisotopic (exact) mass is 195 g/mol. The predicted molar refractivity (Wildman–Crippen MR) is 20.7 cm³/mol. The molecule has 0 nitrogen and oxygen atoms in total. The van der Waals surface area contributed by atoms with Gasteiger partial charge in [-0.05, 0) is 0 Å². The van der Waals surface area contributed by atoms with Crippen molar-refractivity contribution in [1.29, 1.82) is 0 Å². The molecule has 0 aromatic carbocycles. The van der Waals surface area contributed by atoms with Crippen LogP contribution in [0.15, 0.2) is 0 Å². The molecule has 10 heavy (non-hydrogen) atoms. The van der Waals surface area contributed by atoms with Crippen LogP contribution in [0.5, 0.6) is 0 Å². The van der Waals surface area contributed by atoms with Crippen molar-refractivity contribution >= 4 is 0 Å². The molecular formula is C4H4F5Ti-. The topological polar surface area (TPSA) is 0 Å². The van der Waals surface area contributed by atoms with Gasteiger partial charge in [-0.3, -0.25) is 0 Å². The van der Waals surface area contributed by atoms with Crippen LogP contribution in [-0.2, 0) is 21.7 Å². The molecule has 0 radical (unpaired) electrons. The Bertz CT molecular complexity index is 78.2. The molecular weight excluding hydrogens is 191 g/mol. The Kier molecular flexibility index (Phi) is 6.59. The molecule has 0 spiro atoms. The van der Waals surface area contributed by atoms with E-state index in [2.05, 4.69) is 0 Å². The van der Waals surface area contributed by atoms with Gasteiger partial charge in [0.25, 0.3) is 0 Å². The number of hydrogen-bond donors (Lipinski definition) is 0. The minimum Gasteiger partial charge on any atom is -0.421 e. The molecule has 0 aromatic rings. The fraction of sp³-hybridized carbons (Fsp3) is 0.750. The first kappa shape index (κ1) is 13.0. The van der Waals surface area contributed by atoms with E-state index >= 15 is 0 Å². The smallest absolute Gasteiger partial charge is 0.386 e. The van der Waals surface area contributed by atoms with E-state index in [1.807, 2.05) is 0 Å². The maximum absolute atomic E-state index is 11.1. The van der Waals surface area contributed by atoms with Gasteiger partial charge in [0.15, 0.2) is 0 Å². The van der Waals surface area contributed by atoms with Crippen LogP contribution in [0, 0.1) is 6.43 Å². The molecule has 0 N–H and O–H groups in total. The maximum atomic E-state index is 11.1. The van der Waals surface area contributed by atoms with Crippen LogP contribution in [0.4, 0.5) is 22.0 Å². The summed E-state index contributed by atoms with van der Waals surface area (Å²) in [5, 5.41) is 0. The summed E-state index contributed by atoms with van der Waals surface area (Å²) in [5.41, 5.74) is 0. The van der Waals surface area contributed by atoms with Crippen molar-refractivity contribution in [1.82, 2.24) is 0 Å². The van der Waals surface area contributed by atoms with Gasteiger partial charge in [0.2, 0.25) is 0 Å². The molecule has 0 saturated heterocycles. The molecule has 0 fully saturated rings. The van der Waals surface area contributed by atoms with E-state index in [0.717, 1.165) is 0 Å². The number of hydrogen-bond acceptors (Lipinski definition) is 0. The molecule has 0 saturated carbocycles. The minimum atomic E-state index is -4.47. The summed E-state index contributed by atoms with van der Waals surface area (Å²) in [4.78, 5) is 0. The van der Waals surface area contributed by atoms with Gasteiger partial charge in [-0.2, -0.15) is 13.2 Å². The van der Waals surface area contributed by atoms with E-state index in [-0.39, 0.29) is 21.7 Å². The van der Waals surface area contributed by atoms with E-state index in [1.165, 1.54) is 0 Å². The van der Waals surface area contributed by atoms with E-state index in [4.69, 9.17) is 0 Å². The van der Waals surface area contributed by atoms with Gasteiger partial charge >= 0.3 is 6.18 Å². The van der Waals surface area contributed by atoms with Gasteiger partial charge in [0, 0.05) is 34.6 Å². The van der Waals surface area contributed by atoms with Gasteiger partial charge in [-0.1, -0.05) is 0 Å². The summed E-state index contributed by atoms with van der Waals surface area (Å²) >= 11 is 0. The third-order valence-electron chi connectivity index (χ3n) is 0.597. The zero-order valence-corrected chi connectivity index (χ0v) is 6.37. The second-order valence-corrected chi connectivity index (χ2v) is 1.45. The van der Waals surface area contributed by atoms with Crippen molar-refractivity contribution in [2.75, 3.05) is 0 Å². The number of rotatable bonds is 2. The molecule has 6 heteroatoms. The SMILES string of the molecule is F[C-](F)CCC(F)(F)F.[Ti]. The maximum Gasteiger partial charge on any atom is 0.386 e. The van der Waals surface area contributed by atoms with Gasteiger partial charge in [-0.25, -0.2) is 0 Å².